The predicted molar refractivity (Wildman–Crippen MR) is 106 cm³/mol. The lowest BCUT2D eigenvalue weighted by Crippen LogP contribution is -2.58. The van der Waals surface area contributed by atoms with Gasteiger partial charge in [-0.15, -0.1) is 0 Å². The molecule has 2 unspecified atom stereocenters. The van der Waals surface area contributed by atoms with Gasteiger partial charge in [-0.05, 0) is 37.5 Å². The summed E-state index contributed by atoms with van der Waals surface area (Å²) >= 11 is 0. The van der Waals surface area contributed by atoms with Crippen molar-refractivity contribution >= 4 is 6.03 Å². The SMILES string of the molecule is O=C(N1CCC1)N1CCOC2c3cc(C#Cc4ccccc4)cnc3CCC21. The lowest BCUT2D eigenvalue weighted by Gasteiger charge is -2.47. The molecule has 1 aromatic carbocycles. The molecule has 1 aliphatic carbocycles. The molecule has 2 saturated heterocycles. The monoisotopic (exact) mass is 373 g/mol. The minimum atomic E-state index is -0.103. The van der Waals surface area contributed by atoms with E-state index in [1.807, 2.05) is 46.3 Å². The molecular weight excluding hydrogens is 350 g/mol. The first-order valence-corrected chi connectivity index (χ1v) is 10.0. The highest BCUT2D eigenvalue weighted by Gasteiger charge is 2.41. The lowest BCUT2D eigenvalue weighted by atomic mass is 9.86. The van der Waals surface area contributed by atoms with E-state index in [4.69, 9.17) is 4.74 Å². The zero-order valence-corrected chi connectivity index (χ0v) is 15.8. The highest BCUT2D eigenvalue weighted by molar-refractivity contribution is 5.76. The van der Waals surface area contributed by atoms with E-state index in [0.29, 0.717) is 13.2 Å². The molecule has 2 aliphatic heterocycles. The molecule has 5 rings (SSSR count). The second-order valence-corrected chi connectivity index (χ2v) is 7.59. The maximum atomic E-state index is 12.8. The molecule has 0 saturated carbocycles. The average Bonchev–Trinajstić information content (AvgIpc) is 2.71. The van der Waals surface area contributed by atoms with Crippen molar-refractivity contribution in [3.63, 3.8) is 0 Å². The summed E-state index contributed by atoms with van der Waals surface area (Å²) < 4.78 is 6.14. The smallest absolute Gasteiger partial charge is 0.320 e. The fourth-order valence-corrected chi connectivity index (χ4v) is 4.23. The number of likely N-dealkylation sites (tertiary alicyclic amines) is 1. The van der Waals surface area contributed by atoms with Crippen molar-refractivity contribution in [2.24, 2.45) is 0 Å². The third-order valence-electron chi connectivity index (χ3n) is 5.86. The third-order valence-corrected chi connectivity index (χ3v) is 5.86. The van der Waals surface area contributed by atoms with Crippen molar-refractivity contribution < 1.29 is 9.53 Å². The Kier molecular flexibility index (Phi) is 4.50. The minimum Gasteiger partial charge on any atom is -0.369 e. The summed E-state index contributed by atoms with van der Waals surface area (Å²) in [4.78, 5) is 21.5. The first kappa shape index (κ1) is 17.3. The second-order valence-electron chi connectivity index (χ2n) is 7.59. The lowest BCUT2D eigenvalue weighted by molar-refractivity contribution is -0.0696. The van der Waals surface area contributed by atoms with E-state index >= 15 is 0 Å². The van der Waals surface area contributed by atoms with Gasteiger partial charge in [-0.25, -0.2) is 4.79 Å². The number of hydrogen-bond donors (Lipinski definition) is 0. The molecule has 2 atom stereocenters. The summed E-state index contributed by atoms with van der Waals surface area (Å²) in [6.07, 6.45) is 4.63. The van der Waals surface area contributed by atoms with Crippen LogP contribution < -0.4 is 0 Å². The molecule has 28 heavy (non-hydrogen) atoms. The van der Waals surface area contributed by atoms with E-state index in [2.05, 4.69) is 22.9 Å². The van der Waals surface area contributed by atoms with Crippen LogP contribution in [0.1, 0.15) is 41.3 Å². The Morgan fingerprint density at radius 2 is 1.93 bits per heavy atom. The Morgan fingerprint density at radius 1 is 1.11 bits per heavy atom. The second kappa shape index (κ2) is 7.29. The predicted octanol–water partition coefficient (Wildman–Crippen LogP) is 3.00. The first-order valence-electron chi connectivity index (χ1n) is 10.0. The van der Waals surface area contributed by atoms with E-state index in [1.54, 1.807) is 0 Å². The van der Waals surface area contributed by atoms with Crippen molar-refractivity contribution in [3.05, 3.63) is 65.0 Å². The van der Waals surface area contributed by atoms with Gasteiger partial charge in [-0.2, -0.15) is 0 Å². The quantitative estimate of drug-likeness (QED) is 0.667. The number of pyridine rings is 1. The molecule has 2 aromatic rings. The molecule has 2 amide bonds. The zero-order chi connectivity index (χ0) is 18.9. The van der Waals surface area contributed by atoms with Gasteiger partial charge in [0, 0.05) is 48.2 Å². The fourth-order valence-electron chi connectivity index (χ4n) is 4.23. The van der Waals surface area contributed by atoms with Crippen LogP contribution >= 0.6 is 0 Å². The van der Waals surface area contributed by atoms with E-state index in [0.717, 1.165) is 54.7 Å². The van der Waals surface area contributed by atoms with Gasteiger partial charge in [0.15, 0.2) is 0 Å². The molecule has 0 spiro atoms. The van der Waals surface area contributed by atoms with E-state index < -0.39 is 0 Å². The first-order chi connectivity index (χ1) is 13.8. The van der Waals surface area contributed by atoms with E-state index in [-0.39, 0.29) is 18.2 Å². The molecular formula is C23H23N3O2. The Hall–Kier alpha value is -2.84. The van der Waals surface area contributed by atoms with E-state index in [1.165, 1.54) is 0 Å². The number of urea groups is 1. The molecule has 5 nitrogen and oxygen atoms in total. The molecule has 0 radical (unpaired) electrons. The van der Waals surface area contributed by atoms with Crippen LogP contribution in [0.2, 0.25) is 0 Å². The highest BCUT2D eigenvalue weighted by Crippen LogP contribution is 2.38. The molecule has 5 heteroatoms. The number of ether oxygens (including phenoxy) is 1. The number of carbonyl (C=O) groups is 1. The van der Waals surface area contributed by atoms with Crippen LogP contribution in [0.4, 0.5) is 4.79 Å². The Balaban J connectivity index is 1.42. The van der Waals surface area contributed by atoms with Gasteiger partial charge in [0.25, 0.3) is 0 Å². The molecule has 142 valence electrons. The number of rotatable bonds is 0. The molecule has 0 N–H and O–H groups in total. The number of aromatic nitrogens is 1. The topological polar surface area (TPSA) is 45.7 Å². The largest absolute Gasteiger partial charge is 0.369 e. The standard InChI is InChI=1S/C23H23N3O2/c27-23(25-11-4-12-25)26-13-14-28-22-19-15-18(8-7-17-5-2-1-3-6-17)16-24-20(19)9-10-21(22)26/h1-3,5-6,15-16,21-22H,4,9-14H2. The van der Waals surface area contributed by atoms with Crippen molar-refractivity contribution in [1.82, 2.24) is 14.8 Å². The number of nitrogens with zero attached hydrogens (tertiary/aromatic N) is 3. The van der Waals surface area contributed by atoms with E-state index in [9.17, 15) is 4.79 Å². The number of aryl methyl sites for hydroxylation is 1. The summed E-state index contributed by atoms with van der Waals surface area (Å²) in [6.45, 7) is 3.00. The van der Waals surface area contributed by atoms with Crippen LogP contribution in [0.3, 0.4) is 0 Å². The Bertz CT molecular complexity index is 943. The Morgan fingerprint density at radius 3 is 2.71 bits per heavy atom. The van der Waals surface area contributed by atoms with Crippen molar-refractivity contribution in [2.45, 2.75) is 31.4 Å². The highest BCUT2D eigenvalue weighted by atomic mass is 16.5. The summed E-state index contributed by atoms with van der Waals surface area (Å²) in [5.74, 6) is 6.42. The number of amides is 2. The molecule has 3 aliphatic rings. The number of morpholine rings is 1. The van der Waals surface area contributed by atoms with Gasteiger partial charge < -0.3 is 14.5 Å². The normalized spacial score (nSPS) is 23.0. The van der Waals surface area contributed by atoms with Crippen LogP contribution in [-0.2, 0) is 11.2 Å². The average molecular weight is 373 g/mol. The van der Waals surface area contributed by atoms with Gasteiger partial charge in [-0.3, -0.25) is 4.98 Å². The van der Waals surface area contributed by atoms with Crippen LogP contribution in [0.5, 0.6) is 0 Å². The summed E-state index contributed by atoms with van der Waals surface area (Å²) in [5.41, 5.74) is 4.04. The van der Waals surface area contributed by atoms with Crippen LogP contribution in [0.25, 0.3) is 0 Å². The summed E-state index contributed by atoms with van der Waals surface area (Å²) in [5, 5.41) is 0. The zero-order valence-electron chi connectivity index (χ0n) is 15.8. The molecule has 0 bridgehead atoms. The number of carbonyl (C=O) groups excluding carboxylic acids is 1. The van der Waals surface area contributed by atoms with Crippen LogP contribution in [0, 0.1) is 11.8 Å². The molecule has 3 heterocycles. The van der Waals surface area contributed by atoms with Crippen molar-refractivity contribution in [3.8, 4) is 11.8 Å². The minimum absolute atomic E-state index is 0.0912. The molecule has 2 fully saturated rings. The van der Waals surface area contributed by atoms with Gasteiger partial charge in [0.2, 0.25) is 0 Å². The number of fused-ring (bicyclic) bond motifs is 3. The maximum Gasteiger partial charge on any atom is 0.320 e. The fraction of sp³-hybridized carbons (Fsp3) is 0.391. The maximum absolute atomic E-state index is 12.8. The summed E-state index contributed by atoms with van der Waals surface area (Å²) in [7, 11) is 0. The molecule has 1 aromatic heterocycles. The van der Waals surface area contributed by atoms with Crippen LogP contribution in [0.15, 0.2) is 42.6 Å². The van der Waals surface area contributed by atoms with Crippen LogP contribution in [-0.4, -0.2) is 53.1 Å². The van der Waals surface area contributed by atoms with Gasteiger partial charge in [-0.1, -0.05) is 30.0 Å². The van der Waals surface area contributed by atoms with Gasteiger partial charge in [0.05, 0.1) is 12.6 Å². The van der Waals surface area contributed by atoms with Crippen molar-refractivity contribution in [2.75, 3.05) is 26.2 Å². The van der Waals surface area contributed by atoms with Gasteiger partial charge >= 0.3 is 6.03 Å². The van der Waals surface area contributed by atoms with Gasteiger partial charge in [0.1, 0.15) is 6.10 Å². The third kappa shape index (κ3) is 3.14. The number of benzene rings is 1. The van der Waals surface area contributed by atoms with Crippen molar-refractivity contribution in [1.29, 1.82) is 0 Å². The number of hydrogen-bond acceptors (Lipinski definition) is 3. The Labute approximate surface area is 165 Å². The summed E-state index contributed by atoms with van der Waals surface area (Å²) in [6, 6.07) is 12.3.